The lowest BCUT2D eigenvalue weighted by Crippen LogP contribution is -2.41. The van der Waals surface area contributed by atoms with Crippen molar-refractivity contribution >= 4 is 28.8 Å². The molecule has 3 aromatic rings. The van der Waals surface area contributed by atoms with Crippen molar-refractivity contribution in [2.45, 2.75) is 12.5 Å². The SMILES string of the molecule is Cn1nnc(Cl)c1-c1csc(C(=O)N[C@H](CN)Cc2cc(F)cc(F)c2)c1. The van der Waals surface area contributed by atoms with Gasteiger partial charge in [-0.1, -0.05) is 16.8 Å². The summed E-state index contributed by atoms with van der Waals surface area (Å²) in [6.07, 6.45) is 0.215. The van der Waals surface area contributed by atoms with Gasteiger partial charge in [0.25, 0.3) is 5.91 Å². The molecule has 0 fully saturated rings. The second kappa shape index (κ2) is 8.12. The molecule has 0 aliphatic rings. The summed E-state index contributed by atoms with van der Waals surface area (Å²) in [5.74, 6) is -1.67. The highest BCUT2D eigenvalue weighted by atomic mass is 35.5. The van der Waals surface area contributed by atoms with Crippen LogP contribution in [0.3, 0.4) is 0 Å². The number of aromatic nitrogens is 3. The molecule has 0 bridgehead atoms. The number of carbonyl (C=O) groups excluding carboxylic acids is 1. The van der Waals surface area contributed by atoms with E-state index < -0.39 is 17.7 Å². The van der Waals surface area contributed by atoms with Gasteiger partial charge in [-0.05, 0) is 30.2 Å². The van der Waals surface area contributed by atoms with Gasteiger partial charge in [0.1, 0.15) is 17.3 Å². The molecule has 3 rings (SSSR count). The maximum Gasteiger partial charge on any atom is 0.261 e. The van der Waals surface area contributed by atoms with Crippen LogP contribution in [0.1, 0.15) is 15.2 Å². The van der Waals surface area contributed by atoms with Gasteiger partial charge in [-0.25, -0.2) is 13.5 Å². The summed E-state index contributed by atoms with van der Waals surface area (Å²) in [4.78, 5) is 13.0. The monoisotopic (exact) mass is 411 g/mol. The summed E-state index contributed by atoms with van der Waals surface area (Å²) < 4.78 is 28.2. The minimum atomic E-state index is -0.670. The van der Waals surface area contributed by atoms with Crippen LogP contribution in [-0.4, -0.2) is 33.5 Å². The third-order valence-corrected chi connectivity index (χ3v) is 5.09. The molecular formula is C17H16ClF2N5OS. The van der Waals surface area contributed by atoms with Gasteiger partial charge in [0.15, 0.2) is 5.15 Å². The molecule has 1 amide bonds. The Balaban J connectivity index is 1.72. The number of benzene rings is 1. The minimum absolute atomic E-state index is 0.125. The molecule has 2 aromatic heterocycles. The number of hydrogen-bond acceptors (Lipinski definition) is 5. The van der Waals surface area contributed by atoms with E-state index in [9.17, 15) is 13.6 Å². The largest absolute Gasteiger partial charge is 0.347 e. The quantitative estimate of drug-likeness (QED) is 0.653. The number of nitrogens with one attached hydrogen (secondary N) is 1. The first-order valence-electron chi connectivity index (χ1n) is 7.97. The summed E-state index contributed by atoms with van der Waals surface area (Å²) in [6, 6.07) is 4.45. The van der Waals surface area contributed by atoms with Crippen LogP contribution >= 0.6 is 22.9 Å². The van der Waals surface area contributed by atoms with Crippen LogP contribution in [0.2, 0.25) is 5.15 Å². The third kappa shape index (κ3) is 4.49. The fourth-order valence-electron chi connectivity index (χ4n) is 2.68. The lowest BCUT2D eigenvalue weighted by molar-refractivity contribution is 0.0942. The highest BCUT2D eigenvalue weighted by molar-refractivity contribution is 7.12. The molecule has 10 heteroatoms. The fourth-order valence-corrected chi connectivity index (χ4v) is 3.74. The van der Waals surface area contributed by atoms with Crippen molar-refractivity contribution < 1.29 is 13.6 Å². The number of nitrogens with zero attached hydrogens (tertiary/aromatic N) is 3. The van der Waals surface area contributed by atoms with E-state index in [1.165, 1.54) is 28.2 Å². The zero-order valence-electron chi connectivity index (χ0n) is 14.2. The normalized spacial score (nSPS) is 12.2. The predicted octanol–water partition coefficient (Wildman–Crippen LogP) is 2.78. The van der Waals surface area contributed by atoms with Crippen LogP contribution in [0.25, 0.3) is 11.3 Å². The lowest BCUT2D eigenvalue weighted by atomic mass is 10.1. The van der Waals surface area contributed by atoms with E-state index in [4.69, 9.17) is 17.3 Å². The molecule has 1 aromatic carbocycles. The number of hydrogen-bond donors (Lipinski definition) is 2. The number of thiophene rings is 1. The van der Waals surface area contributed by atoms with Crippen LogP contribution < -0.4 is 11.1 Å². The zero-order chi connectivity index (χ0) is 19.6. The van der Waals surface area contributed by atoms with Gasteiger partial charge in [0, 0.05) is 36.6 Å². The molecule has 0 aliphatic carbocycles. The zero-order valence-corrected chi connectivity index (χ0v) is 15.8. The van der Waals surface area contributed by atoms with E-state index in [0.717, 1.165) is 11.6 Å². The van der Waals surface area contributed by atoms with Gasteiger partial charge >= 0.3 is 0 Å². The smallest absolute Gasteiger partial charge is 0.261 e. The topological polar surface area (TPSA) is 85.8 Å². The Morgan fingerprint density at radius 1 is 1.33 bits per heavy atom. The lowest BCUT2D eigenvalue weighted by Gasteiger charge is -2.16. The third-order valence-electron chi connectivity index (χ3n) is 3.91. The van der Waals surface area contributed by atoms with Crippen LogP contribution in [-0.2, 0) is 13.5 Å². The second-order valence-corrected chi connectivity index (χ2v) is 7.21. The average Bonchev–Trinajstić information content (AvgIpc) is 3.20. The summed E-state index contributed by atoms with van der Waals surface area (Å²) >= 11 is 7.26. The second-order valence-electron chi connectivity index (χ2n) is 5.94. The fraction of sp³-hybridized carbons (Fsp3) is 0.235. The number of nitrogens with two attached hydrogens (primary N) is 1. The molecule has 0 spiro atoms. The number of amides is 1. The van der Waals surface area contributed by atoms with E-state index in [1.807, 2.05) is 0 Å². The summed E-state index contributed by atoms with van der Waals surface area (Å²) in [6.45, 7) is 0.125. The summed E-state index contributed by atoms with van der Waals surface area (Å²) in [7, 11) is 1.70. The number of halogens is 3. The molecule has 27 heavy (non-hydrogen) atoms. The van der Waals surface area contributed by atoms with E-state index >= 15 is 0 Å². The molecular weight excluding hydrogens is 396 g/mol. The van der Waals surface area contributed by atoms with E-state index in [1.54, 1.807) is 18.5 Å². The van der Waals surface area contributed by atoms with Gasteiger partial charge < -0.3 is 11.1 Å². The Hall–Kier alpha value is -2.36. The Bertz CT molecular complexity index is 934. The first-order valence-corrected chi connectivity index (χ1v) is 9.23. The highest BCUT2D eigenvalue weighted by Gasteiger charge is 2.18. The maximum absolute atomic E-state index is 13.3. The predicted molar refractivity (Wildman–Crippen MR) is 99.7 cm³/mol. The molecule has 2 heterocycles. The van der Waals surface area contributed by atoms with Crippen molar-refractivity contribution in [3.8, 4) is 11.3 Å². The number of aryl methyl sites for hydroxylation is 1. The standard InChI is InChI=1S/C17H16ClF2N5OS/c1-25-15(16(18)23-24-25)10-5-14(27-8-10)17(26)22-13(7-21)4-9-2-11(19)6-12(20)3-9/h2-3,5-6,8,13H,4,7,21H2,1H3,(H,22,26)/t13-/m0/s1. The molecule has 142 valence electrons. The van der Waals surface area contributed by atoms with Crippen molar-refractivity contribution in [2.24, 2.45) is 12.8 Å². The van der Waals surface area contributed by atoms with Crippen LogP contribution in [0.15, 0.2) is 29.6 Å². The van der Waals surface area contributed by atoms with Crippen molar-refractivity contribution in [1.29, 1.82) is 0 Å². The van der Waals surface area contributed by atoms with E-state index in [-0.39, 0.29) is 24.0 Å². The number of carbonyl (C=O) groups is 1. The molecule has 0 saturated heterocycles. The molecule has 3 N–H and O–H groups in total. The van der Waals surface area contributed by atoms with Crippen LogP contribution in [0.4, 0.5) is 8.78 Å². The Kier molecular flexibility index (Phi) is 5.83. The van der Waals surface area contributed by atoms with Gasteiger partial charge in [0.2, 0.25) is 0 Å². The van der Waals surface area contributed by atoms with Crippen molar-refractivity contribution in [3.05, 3.63) is 56.9 Å². The van der Waals surface area contributed by atoms with E-state index in [0.29, 0.717) is 16.1 Å². The summed E-state index contributed by atoms with van der Waals surface area (Å²) in [5, 5.41) is 12.4. The molecule has 0 unspecified atom stereocenters. The first-order chi connectivity index (χ1) is 12.9. The van der Waals surface area contributed by atoms with Crippen LogP contribution in [0.5, 0.6) is 0 Å². The maximum atomic E-state index is 13.3. The number of rotatable bonds is 6. The van der Waals surface area contributed by atoms with Gasteiger partial charge in [-0.15, -0.1) is 16.4 Å². The van der Waals surface area contributed by atoms with E-state index in [2.05, 4.69) is 15.6 Å². The van der Waals surface area contributed by atoms with Gasteiger partial charge in [-0.2, -0.15) is 0 Å². The average molecular weight is 412 g/mol. The Morgan fingerprint density at radius 3 is 2.63 bits per heavy atom. The van der Waals surface area contributed by atoms with Gasteiger partial charge in [0.05, 0.1) is 4.88 Å². The van der Waals surface area contributed by atoms with Crippen LogP contribution in [0, 0.1) is 11.6 Å². The Morgan fingerprint density at radius 2 is 2.04 bits per heavy atom. The molecule has 0 saturated carbocycles. The Labute approximate surface area is 162 Å². The minimum Gasteiger partial charge on any atom is -0.347 e. The van der Waals surface area contributed by atoms with Crippen molar-refractivity contribution in [1.82, 2.24) is 20.3 Å². The molecule has 6 nitrogen and oxygen atoms in total. The van der Waals surface area contributed by atoms with Gasteiger partial charge in [-0.3, -0.25) is 4.79 Å². The summed E-state index contributed by atoms with van der Waals surface area (Å²) in [5.41, 5.74) is 7.46. The van der Waals surface area contributed by atoms with Crippen molar-refractivity contribution in [3.63, 3.8) is 0 Å². The molecule has 0 radical (unpaired) electrons. The van der Waals surface area contributed by atoms with Crippen molar-refractivity contribution in [2.75, 3.05) is 6.54 Å². The molecule has 0 aliphatic heterocycles. The molecule has 1 atom stereocenters. The first kappa shape index (κ1) is 19.4. The highest BCUT2D eigenvalue weighted by Crippen LogP contribution is 2.29.